The van der Waals surface area contributed by atoms with Crippen LogP contribution in [0.2, 0.25) is 5.02 Å². The van der Waals surface area contributed by atoms with E-state index in [4.69, 9.17) is 21.1 Å². The maximum absolute atomic E-state index is 13.4. The summed E-state index contributed by atoms with van der Waals surface area (Å²) in [5.74, 6) is 0.882. The molecule has 1 atom stereocenters. The second-order valence-electron chi connectivity index (χ2n) is 7.99. The lowest BCUT2D eigenvalue weighted by molar-refractivity contribution is 0.0925. The zero-order valence-corrected chi connectivity index (χ0v) is 19.4. The summed E-state index contributed by atoms with van der Waals surface area (Å²) in [5, 5.41) is 3.57. The van der Waals surface area contributed by atoms with Crippen LogP contribution in [-0.2, 0) is 13.0 Å². The van der Waals surface area contributed by atoms with Crippen molar-refractivity contribution in [3.63, 3.8) is 0 Å². The number of methoxy groups -OCH3 is 2. The quantitative estimate of drug-likeness (QED) is 0.528. The van der Waals surface area contributed by atoms with Gasteiger partial charge in [0.25, 0.3) is 5.91 Å². The summed E-state index contributed by atoms with van der Waals surface area (Å²) in [5.41, 5.74) is 3.75. The topological polar surface area (TPSA) is 50.8 Å². The summed E-state index contributed by atoms with van der Waals surface area (Å²) in [6, 6.07) is 17.3. The van der Waals surface area contributed by atoms with Gasteiger partial charge < -0.3 is 14.8 Å². The number of halogens is 2. The molecule has 172 valence electrons. The molecule has 0 saturated carbocycles. The molecule has 0 bridgehead atoms. The van der Waals surface area contributed by atoms with Crippen molar-refractivity contribution in [1.29, 1.82) is 0 Å². The van der Waals surface area contributed by atoms with Gasteiger partial charge in [0.15, 0.2) is 11.5 Å². The lowest BCUT2D eigenvalue weighted by Crippen LogP contribution is -2.41. The summed E-state index contributed by atoms with van der Waals surface area (Å²) in [7, 11) is 3.23. The zero-order chi connectivity index (χ0) is 23.4. The van der Waals surface area contributed by atoms with Crippen LogP contribution in [-0.4, -0.2) is 38.1 Å². The van der Waals surface area contributed by atoms with Gasteiger partial charge in [0.1, 0.15) is 5.82 Å². The number of nitrogens with one attached hydrogen (secondary N) is 1. The summed E-state index contributed by atoms with van der Waals surface area (Å²) in [6.07, 6.45) is 0.829. The number of benzene rings is 3. The number of fused-ring (bicyclic) bond motifs is 1. The van der Waals surface area contributed by atoms with Crippen LogP contribution in [0.5, 0.6) is 11.5 Å². The first-order valence-electron chi connectivity index (χ1n) is 10.8. The second-order valence-corrected chi connectivity index (χ2v) is 8.43. The van der Waals surface area contributed by atoms with Gasteiger partial charge in [0.2, 0.25) is 0 Å². The van der Waals surface area contributed by atoms with Crippen molar-refractivity contribution in [2.45, 2.75) is 19.0 Å². The van der Waals surface area contributed by atoms with Crippen molar-refractivity contribution in [3.05, 3.63) is 93.8 Å². The van der Waals surface area contributed by atoms with Crippen LogP contribution in [0.4, 0.5) is 4.39 Å². The fourth-order valence-electron chi connectivity index (χ4n) is 4.25. The van der Waals surface area contributed by atoms with E-state index in [1.807, 2.05) is 12.1 Å². The van der Waals surface area contributed by atoms with Crippen LogP contribution in [0.15, 0.2) is 60.7 Å². The Kier molecular flexibility index (Phi) is 7.16. The molecule has 0 fully saturated rings. The van der Waals surface area contributed by atoms with Crippen LogP contribution in [0, 0.1) is 5.82 Å². The minimum atomic E-state index is -0.259. The molecule has 0 unspecified atom stereocenters. The highest BCUT2D eigenvalue weighted by molar-refractivity contribution is 6.30. The fourth-order valence-corrected chi connectivity index (χ4v) is 4.44. The first-order valence-corrected chi connectivity index (χ1v) is 11.1. The molecule has 0 radical (unpaired) electrons. The van der Waals surface area contributed by atoms with Crippen molar-refractivity contribution >= 4 is 17.5 Å². The van der Waals surface area contributed by atoms with Gasteiger partial charge in [-0.15, -0.1) is 0 Å². The molecule has 3 aromatic rings. The molecule has 7 heteroatoms. The monoisotopic (exact) mass is 468 g/mol. The lowest BCUT2D eigenvalue weighted by atomic mass is 9.91. The third-order valence-corrected chi connectivity index (χ3v) is 6.19. The third kappa shape index (κ3) is 5.29. The SMILES string of the molecule is COc1cc2c(cc1OC)[C@@H](CNC(=O)c1cccc(Cl)c1)N(Cc1ccc(F)cc1)CC2. The summed E-state index contributed by atoms with van der Waals surface area (Å²) in [4.78, 5) is 15.1. The molecule has 5 nitrogen and oxygen atoms in total. The number of carbonyl (C=O) groups excluding carboxylic acids is 1. The molecule has 1 N–H and O–H groups in total. The van der Waals surface area contributed by atoms with Gasteiger partial charge in [-0.1, -0.05) is 29.8 Å². The average Bonchev–Trinajstić information content (AvgIpc) is 2.83. The van der Waals surface area contributed by atoms with E-state index in [2.05, 4.69) is 10.2 Å². The van der Waals surface area contributed by atoms with Gasteiger partial charge in [0.05, 0.1) is 20.3 Å². The minimum absolute atomic E-state index is 0.0956. The maximum atomic E-state index is 13.4. The van der Waals surface area contributed by atoms with E-state index in [9.17, 15) is 9.18 Å². The zero-order valence-electron chi connectivity index (χ0n) is 18.6. The predicted octanol–water partition coefficient (Wildman–Crippen LogP) is 5.03. The Bertz CT molecular complexity index is 1140. The summed E-state index contributed by atoms with van der Waals surface area (Å²) >= 11 is 6.05. The van der Waals surface area contributed by atoms with Crippen molar-refractivity contribution in [2.75, 3.05) is 27.3 Å². The molecular weight excluding hydrogens is 443 g/mol. The molecule has 1 heterocycles. The van der Waals surface area contributed by atoms with Crippen molar-refractivity contribution in [1.82, 2.24) is 10.2 Å². The Morgan fingerprint density at radius 3 is 2.52 bits per heavy atom. The van der Waals surface area contributed by atoms with Crippen molar-refractivity contribution in [2.24, 2.45) is 0 Å². The van der Waals surface area contributed by atoms with E-state index in [0.717, 1.165) is 29.7 Å². The third-order valence-electron chi connectivity index (χ3n) is 5.96. The van der Waals surface area contributed by atoms with E-state index in [0.29, 0.717) is 35.2 Å². The van der Waals surface area contributed by atoms with Crippen molar-refractivity contribution < 1.29 is 18.7 Å². The first-order chi connectivity index (χ1) is 16.0. The number of hydrogen-bond donors (Lipinski definition) is 1. The lowest BCUT2D eigenvalue weighted by Gasteiger charge is -2.38. The molecule has 0 saturated heterocycles. The van der Waals surface area contributed by atoms with Crippen LogP contribution < -0.4 is 14.8 Å². The van der Waals surface area contributed by atoms with Gasteiger partial charge in [-0.2, -0.15) is 0 Å². The number of rotatable bonds is 7. The molecular formula is C26H26ClFN2O3. The standard InChI is InChI=1S/C26H26ClFN2O3/c1-32-24-13-18-10-11-30(16-17-6-8-21(28)9-7-17)23(22(18)14-25(24)33-2)15-29-26(31)19-4-3-5-20(27)12-19/h3-9,12-14,23H,10-11,15-16H2,1-2H3,(H,29,31)/t23-/m1/s1. The molecule has 0 spiro atoms. The van der Waals surface area contributed by atoms with E-state index >= 15 is 0 Å². The number of carbonyl (C=O) groups is 1. The fraction of sp³-hybridized carbons (Fsp3) is 0.269. The highest BCUT2D eigenvalue weighted by atomic mass is 35.5. The van der Waals surface area contributed by atoms with E-state index in [1.54, 1.807) is 50.6 Å². The van der Waals surface area contributed by atoms with E-state index in [-0.39, 0.29) is 17.8 Å². The van der Waals surface area contributed by atoms with Crippen LogP contribution >= 0.6 is 11.6 Å². The molecule has 1 aliphatic rings. The minimum Gasteiger partial charge on any atom is -0.493 e. The Morgan fingerprint density at radius 2 is 1.82 bits per heavy atom. The normalized spacial score (nSPS) is 15.6. The van der Waals surface area contributed by atoms with E-state index < -0.39 is 0 Å². The van der Waals surface area contributed by atoms with Crippen LogP contribution in [0.1, 0.15) is 33.1 Å². The summed E-state index contributed by atoms with van der Waals surface area (Å²) in [6.45, 7) is 1.82. The molecule has 0 aromatic heterocycles. The first kappa shape index (κ1) is 23.1. The van der Waals surface area contributed by atoms with Gasteiger partial charge in [-0.25, -0.2) is 4.39 Å². The molecule has 1 amide bonds. The Labute approximate surface area is 198 Å². The maximum Gasteiger partial charge on any atom is 0.251 e. The van der Waals surface area contributed by atoms with Gasteiger partial charge >= 0.3 is 0 Å². The Balaban J connectivity index is 1.62. The Hall–Kier alpha value is -3.09. The second kappa shape index (κ2) is 10.2. The van der Waals surface area contributed by atoms with Crippen LogP contribution in [0.25, 0.3) is 0 Å². The number of amides is 1. The molecule has 33 heavy (non-hydrogen) atoms. The van der Waals surface area contributed by atoms with Gasteiger partial charge in [-0.05, 0) is 65.6 Å². The highest BCUT2D eigenvalue weighted by Crippen LogP contribution is 2.38. The average molecular weight is 469 g/mol. The molecule has 1 aliphatic heterocycles. The highest BCUT2D eigenvalue weighted by Gasteiger charge is 2.29. The predicted molar refractivity (Wildman–Crippen MR) is 127 cm³/mol. The molecule has 0 aliphatic carbocycles. The largest absolute Gasteiger partial charge is 0.493 e. The van der Waals surface area contributed by atoms with Gasteiger partial charge in [0, 0.05) is 30.2 Å². The summed E-state index contributed by atoms with van der Waals surface area (Å²) < 4.78 is 24.4. The molecule has 4 rings (SSSR count). The van der Waals surface area contributed by atoms with Gasteiger partial charge in [-0.3, -0.25) is 9.69 Å². The van der Waals surface area contributed by atoms with E-state index in [1.165, 1.54) is 12.1 Å². The number of ether oxygens (including phenoxy) is 2. The molecule has 3 aromatic carbocycles. The van der Waals surface area contributed by atoms with Crippen LogP contribution in [0.3, 0.4) is 0 Å². The Morgan fingerprint density at radius 1 is 1.09 bits per heavy atom. The number of nitrogens with zero attached hydrogens (tertiary/aromatic N) is 1. The smallest absolute Gasteiger partial charge is 0.251 e. The number of hydrogen-bond acceptors (Lipinski definition) is 4. The van der Waals surface area contributed by atoms with Crippen molar-refractivity contribution in [3.8, 4) is 11.5 Å².